The van der Waals surface area contributed by atoms with E-state index in [2.05, 4.69) is 98.6 Å². The second-order valence-corrected chi connectivity index (χ2v) is 6.99. The second kappa shape index (κ2) is 5.11. The zero-order valence-corrected chi connectivity index (χ0v) is 14.4. The van der Waals surface area contributed by atoms with Gasteiger partial charge in [0.25, 0.3) is 0 Å². The van der Waals surface area contributed by atoms with Gasteiger partial charge in [0, 0.05) is 14.9 Å². The Kier molecular flexibility index (Phi) is 3.24. The molecule has 102 valence electrons. The Bertz CT molecular complexity index is 791. The number of benzene rings is 3. The van der Waals surface area contributed by atoms with Crippen molar-refractivity contribution in [2.24, 2.45) is 0 Å². The first-order chi connectivity index (χ1) is 10.3. The third-order valence-electron chi connectivity index (χ3n) is 4.11. The molecule has 0 N–H and O–H groups in total. The molecule has 0 nitrogen and oxygen atoms in total. The molecule has 0 saturated carbocycles. The van der Waals surface area contributed by atoms with Gasteiger partial charge in [-0.15, -0.1) is 0 Å². The standard InChI is InChI=1S/C19H12Br2/c20-17-10-9-12(11-18(17)21)19-15-7-3-1-5-13(15)14-6-2-4-8-16(14)19/h1-11,19H. The van der Waals surface area contributed by atoms with E-state index in [0.717, 1.165) is 8.95 Å². The maximum absolute atomic E-state index is 3.63. The monoisotopic (exact) mass is 398 g/mol. The largest absolute Gasteiger partial charge is 0.0619 e. The summed E-state index contributed by atoms with van der Waals surface area (Å²) in [5.74, 6) is 0.321. The molecule has 2 heteroatoms. The third-order valence-corrected chi connectivity index (χ3v) is 5.99. The van der Waals surface area contributed by atoms with E-state index in [1.165, 1.54) is 27.8 Å². The van der Waals surface area contributed by atoms with Crippen LogP contribution in [-0.4, -0.2) is 0 Å². The molecule has 0 fully saturated rings. The van der Waals surface area contributed by atoms with Crippen molar-refractivity contribution in [1.29, 1.82) is 0 Å². The predicted molar refractivity (Wildman–Crippen MR) is 94.7 cm³/mol. The van der Waals surface area contributed by atoms with Crippen LogP contribution in [0, 0.1) is 0 Å². The lowest BCUT2D eigenvalue weighted by Gasteiger charge is -2.15. The molecule has 1 aliphatic rings. The molecule has 0 aromatic heterocycles. The van der Waals surface area contributed by atoms with Crippen molar-refractivity contribution in [1.82, 2.24) is 0 Å². The van der Waals surface area contributed by atoms with Gasteiger partial charge in [0.15, 0.2) is 0 Å². The van der Waals surface area contributed by atoms with Crippen LogP contribution in [0.3, 0.4) is 0 Å². The predicted octanol–water partition coefficient (Wildman–Crippen LogP) is 6.37. The number of hydrogen-bond acceptors (Lipinski definition) is 0. The maximum Gasteiger partial charge on any atom is 0.0352 e. The van der Waals surface area contributed by atoms with Gasteiger partial charge in [-0.1, -0.05) is 54.6 Å². The summed E-state index contributed by atoms with van der Waals surface area (Å²) in [5, 5.41) is 0. The Morgan fingerprint density at radius 2 is 1.19 bits per heavy atom. The molecule has 0 unspecified atom stereocenters. The lowest BCUT2D eigenvalue weighted by Crippen LogP contribution is -1.99. The molecule has 0 amide bonds. The van der Waals surface area contributed by atoms with Gasteiger partial charge in [-0.05, 0) is 71.8 Å². The summed E-state index contributed by atoms with van der Waals surface area (Å²) in [6.07, 6.45) is 0. The van der Waals surface area contributed by atoms with Crippen LogP contribution >= 0.6 is 31.9 Å². The van der Waals surface area contributed by atoms with Crippen molar-refractivity contribution in [3.05, 3.63) is 92.4 Å². The number of halogens is 2. The van der Waals surface area contributed by atoms with Crippen LogP contribution in [0.5, 0.6) is 0 Å². The molecule has 21 heavy (non-hydrogen) atoms. The van der Waals surface area contributed by atoms with Crippen molar-refractivity contribution < 1.29 is 0 Å². The topological polar surface area (TPSA) is 0 Å². The van der Waals surface area contributed by atoms with Gasteiger partial charge in [0.05, 0.1) is 0 Å². The average Bonchev–Trinajstić information content (AvgIpc) is 2.85. The van der Waals surface area contributed by atoms with E-state index in [9.17, 15) is 0 Å². The zero-order chi connectivity index (χ0) is 14.4. The third kappa shape index (κ3) is 2.09. The van der Waals surface area contributed by atoms with Crippen molar-refractivity contribution >= 4 is 31.9 Å². The molecule has 1 aliphatic carbocycles. The molecule has 0 atom stereocenters. The molecule has 0 heterocycles. The van der Waals surface area contributed by atoms with E-state index in [1.54, 1.807) is 0 Å². The van der Waals surface area contributed by atoms with E-state index in [1.807, 2.05) is 0 Å². The van der Waals surface area contributed by atoms with Crippen LogP contribution in [0.25, 0.3) is 11.1 Å². The van der Waals surface area contributed by atoms with E-state index in [4.69, 9.17) is 0 Å². The highest BCUT2D eigenvalue weighted by atomic mass is 79.9. The van der Waals surface area contributed by atoms with Gasteiger partial charge in [0.2, 0.25) is 0 Å². The normalized spacial score (nSPS) is 13.0. The molecule has 0 radical (unpaired) electrons. The number of rotatable bonds is 1. The SMILES string of the molecule is Brc1ccc(C2c3ccccc3-c3ccccc32)cc1Br. The fourth-order valence-corrected chi connectivity index (χ4v) is 3.85. The highest BCUT2D eigenvalue weighted by Gasteiger charge is 2.29. The average molecular weight is 400 g/mol. The number of fused-ring (bicyclic) bond motifs is 3. The Hall–Kier alpha value is -1.38. The molecule has 3 aromatic carbocycles. The summed E-state index contributed by atoms with van der Waals surface area (Å²) in [4.78, 5) is 0. The van der Waals surface area contributed by atoms with Gasteiger partial charge in [-0.2, -0.15) is 0 Å². The van der Waals surface area contributed by atoms with Crippen molar-refractivity contribution in [3.63, 3.8) is 0 Å². The minimum absolute atomic E-state index is 0.321. The summed E-state index contributed by atoms with van der Waals surface area (Å²) < 4.78 is 2.19. The van der Waals surface area contributed by atoms with Gasteiger partial charge >= 0.3 is 0 Å². The molecule has 0 bridgehead atoms. The lowest BCUT2D eigenvalue weighted by molar-refractivity contribution is 1.01. The highest BCUT2D eigenvalue weighted by molar-refractivity contribution is 9.13. The smallest absolute Gasteiger partial charge is 0.0352 e. The summed E-state index contributed by atoms with van der Waals surface area (Å²) in [7, 11) is 0. The van der Waals surface area contributed by atoms with Crippen molar-refractivity contribution in [2.45, 2.75) is 5.92 Å². The molecule has 3 aromatic rings. The van der Waals surface area contributed by atoms with Crippen molar-refractivity contribution in [2.75, 3.05) is 0 Å². The quantitative estimate of drug-likeness (QED) is 0.348. The lowest BCUT2D eigenvalue weighted by atomic mass is 9.89. The summed E-state index contributed by atoms with van der Waals surface area (Å²) in [6, 6.07) is 24.0. The second-order valence-electron chi connectivity index (χ2n) is 5.28. The Balaban J connectivity index is 1.98. The van der Waals surface area contributed by atoms with Crippen LogP contribution in [-0.2, 0) is 0 Å². The summed E-state index contributed by atoms with van der Waals surface area (Å²) >= 11 is 7.18. The fraction of sp³-hybridized carbons (Fsp3) is 0.0526. The van der Waals surface area contributed by atoms with Gasteiger partial charge in [0.1, 0.15) is 0 Å². The molecule has 4 rings (SSSR count). The Morgan fingerprint density at radius 3 is 1.76 bits per heavy atom. The molecule has 0 aliphatic heterocycles. The van der Waals surface area contributed by atoms with E-state index >= 15 is 0 Å². The highest BCUT2D eigenvalue weighted by Crippen LogP contribution is 2.48. The van der Waals surface area contributed by atoms with Gasteiger partial charge in [-0.3, -0.25) is 0 Å². The van der Waals surface area contributed by atoms with Crippen molar-refractivity contribution in [3.8, 4) is 11.1 Å². The molecular formula is C19H12Br2. The van der Waals surface area contributed by atoms with Gasteiger partial charge in [-0.25, -0.2) is 0 Å². The number of hydrogen-bond donors (Lipinski definition) is 0. The fourth-order valence-electron chi connectivity index (χ4n) is 3.21. The maximum atomic E-state index is 3.63. The van der Waals surface area contributed by atoms with E-state index in [-0.39, 0.29) is 0 Å². The Labute approximate surface area is 141 Å². The van der Waals surface area contributed by atoms with Crippen LogP contribution in [0.2, 0.25) is 0 Å². The molecule has 0 spiro atoms. The first-order valence-corrected chi connectivity index (χ1v) is 8.47. The minimum Gasteiger partial charge on any atom is -0.0619 e. The molecule has 0 saturated heterocycles. The first kappa shape index (κ1) is 13.3. The van der Waals surface area contributed by atoms with Crippen LogP contribution in [0.15, 0.2) is 75.7 Å². The molecular weight excluding hydrogens is 388 g/mol. The van der Waals surface area contributed by atoms with Gasteiger partial charge < -0.3 is 0 Å². The first-order valence-electron chi connectivity index (χ1n) is 6.89. The van der Waals surface area contributed by atoms with Crippen LogP contribution < -0.4 is 0 Å². The van der Waals surface area contributed by atoms with E-state index in [0.29, 0.717) is 5.92 Å². The summed E-state index contributed by atoms with van der Waals surface area (Å²) in [5.41, 5.74) is 6.83. The van der Waals surface area contributed by atoms with E-state index < -0.39 is 0 Å². The van der Waals surface area contributed by atoms with Crippen LogP contribution in [0.4, 0.5) is 0 Å². The summed E-state index contributed by atoms with van der Waals surface area (Å²) in [6.45, 7) is 0. The zero-order valence-electron chi connectivity index (χ0n) is 11.2. The Morgan fingerprint density at radius 1 is 0.619 bits per heavy atom. The minimum atomic E-state index is 0.321. The van der Waals surface area contributed by atoms with Crippen LogP contribution in [0.1, 0.15) is 22.6 Å².